The monoisotopic (exact) mass is 458 g/mol. The second-order valence-corrected chi connectivity index (χ2v) is 8.48. The van der Waals surface area contributed by atoms with Gasteiger partial charge in [0, 0.05) is 42.7 Å². The average molecular weight is 459 g/mol. The summed E-state index contributed by atoms with van der Waals surface area (Å²) in [4.78, 5) is 37.8. The van der Waals surface area contributed by atoms with E-state index >= 15 is 0 Å². The zero-order valence-electron chi connectivity index (χ0n) is 19.3. The minimum atomic E-state index is -0.310. The molecule has 3 heterocycles. The zero-order valence-corrected chi connectivity index (χ0v) is 19.3. The third-order valence-electron chi connectivity index (χ3n) is 6.14. The van der Waals surface area contributed by atoms with Crippen LogP contribution in [0.5, 0.6) is 0 Å². The van der Waals surface area contributed by atoms with E-state index < -0.39 is 0 Å². The molecule has 0 radical (unpaired) electrons. The Morgan fingerprint density at radius 2 is 1.79 bits per heavy atom. The first kappa shape index (κ1) is 21.9. The number of carbonyl (C=O) groups excluding carboxylic acids is 2. The van der Waals surface area contributed by atoms with E-state index in [0.717, 1.165) is 45.2 Å². The van der Waals surface area contributed by atoms with E-state index in [0.29, 0.717) is 38.3 Å². The van der Waals surface area contributed by atoms with E-state index in [1.54, 1.807) is 9.80 Å². The van der Waals surface area contributed by atoms with Gasteiger partial charge in [0.1, 0.15) is 5.52 Å². The molecule has 2 amide bonds. The maximum atomic E-state index is 13.2. The molecular formula is C26H26N4O4. The predicted molar refractivity (Wildman–Crippen MR) is 129 cm³/mol. The summed E-state index contributed by atoms with van der Waals surface area (Å²) in [5.41, 5.74) is 5.70. The number of aromatic nitrogens is 2. The number of aryl methyl sites for hydroxylation is 1. The second-order valence-electron chi connectivity index (χ2n) is 8.48. The summed E-state index contributed by atoms with van der Waals surface area (Å²) >= 11 is 0. The number of nitrogens with zero attached hydrogens (tertiary/aromatic N) is 4. The van der Waals surface area contributed by atoms with Crippen LogP contribution in [0.2, 0.25) is 0 Å². The van der Waals surface area contributed by atoms with Gasteiger partial charge >= 0.3 is 6.09 Å². The molecule has 0 aliphatic carbocycles. The van der Waals surface area contributed by atoms with Crippen molar-refractivity contribution in [2.45, 2.75) is 20.3 Å². The van der Waals surface area contributed by atoms with Crippen molar-refractivity contribution in [3.63, 3.8) is 0 Å². The molecule has 1 aliphatic rings. The van der Waals surface area contributed by atoms with Gasteiger partial charge in [-0.2, -0.15) is 0 Å². The molecule has 0 unspecified atom stereocenters. The van der Waals surface area contributed by atoms with Gasteiger partial charge in [0.25, 0.3) is 5.91 Å². The number of hydrogen-bond acceptors (Lipinski definition) is 6. The number of rotatable bonds is 4. The van der Waals surface area contributed by atoms with E-state index in [2.05, 4.69) is 4.98 Å². The molecule has 34 heavy (non-hydrogen) atoms. The van der Waals surface area contributed by atoms with Crippen molar-refractivity contribution < 1.29 is 18.7 Å². The fourth-order valence-electron chi connectivity index (χ4n) is 4.26. The molecule has 2 aromatic heterocycles. The van der Waals surface area contributed by atoms with E-state index in [9.17, 15) is 9.59 Å². The summed E-state index contributed by atoms with van der Waals surface area (Å²) in [7, 11) is 0. The van der Waals surface area contributed by atoms with Crippen molar-refractivity contribution in [2.24, 2.45) is 0 Å². The van der Waals surface area contributed by atoms with Crippen LogP contribution in [0.3, 0.4) is 0 Å². The quantitative estimate of drug-likeness (QED) is 0.442. The number of benzene rings is 2. The number of fused-ring (bicyclic) bond motifs is 2. The highest BCUT2D eigenvalue weighted by Gasteiger charge is 2.26. The molecule has 0 spiro atoms. The van der Waals surface area contributed by atoms with Crippen LogP contribution in [0.4, 0.5) is 4.79 Å². The van der Waals surface area contributed by atoms with Gasteiger partial charge in [0.05, 0.1) is 17.8 Å². The largest absolute Gasteiger partial charge is 0.449 e. The normalized spacial score (nSPS) is 14.1. The maximum Gasteiger partial charge on any atom is 0.409 e. The summed E-state index contributed by atoms with van der Waals surface area (Å²) in [6.45, 7) is 6.30. The fraction of sp³-hybridized carbons (Fsp3) is 0.308. The van der Waals surface area contributed by atoms with Gasteiger partial charge in [-0.05, 0) is 55.3 Å². The van der Waals surface area contributed by atoms with Gasteiger partial charge in [-0.15, -0.1) is 0 Å². The molecule has 0 N–H and O–H groups in total. The number of oxazole rings is 1. The van der Waals surface area contributed by atoms with E-state index in [-0.39, 0.29) is 12.0 Å². The standard InChI is InChI=1S/C26H26N4O4/c1-3-12-33-26(32)30-10-8-29(9-11-30)25(31)19-4-6-20-17(2)13-21(28-22(20)15-19)18-5-7-24-23(14-18)27-16-34-24/h4-7,13-16H,3,8-12H2,1-2H3. The van der Waals surface area contributed by atoms with Crippen molar-refractivity contribution in [1.29, 1.82) is 0 Å². The smallest absolute Gasteiger partial charge is 0.409 e. The minimum absolute atomic E-state index is 0.0580. The number of carbonyl (C=O) groups is 2. The first-order valence-corrected chi connectivity index (χ1v) is 11.5. The van der Waals surface area contributed by atoms with E-state index in [4.69, 9.17) is 14.1 Å². The molecule has 0 saturated carbocycles. The summed E-state index contributed by atoms with van der Waals surface area (Å²) in [5, 5.41) is 1.01. The zero-order chi connectivity index (χ0) is 23.7. The molecule has 4 aromatic rings. The summed E-state index contributed by atoms with van der Waals surface area (Å²) in [6.07, 6.45) is 1.91. The molecule has 8 nitrogen and oxygen atoms in total. The number of piperazine rings is 1. The lowest BCUT2D eigenvalue weighted by Crippen LogP contribution is -2.50. The number of pyridine rings is 1. The maximum absolute atomic E-state index is 13.2. The van der Waals surface area contributed by atoms with Crippen molar-refractivity contribution in [3.05, 3.63) is 60.0 Å². The van der Waals surface area contributed by atoms with Crippen LogP contribution in [-0.2, 0) is 4.74 Å². The SMILES string of the molecule is CCCOC(=O)N1CCN(C(=O)c2ccc3c(C)cc(-c4ccc5ocnc5c4)nc3c2)CC1. The highest BCUT2D eigenvalue weighted by atomic mass is 16.6. The van der Waals surface area contributed by atoms with Crippen LogP contribution in [0.25, 0.3) is 33.3 Å². The molecule has 1 aliphatic heterocycles. The molecule has 8 heteroatoms. The van der Waals surface area contributed by atoms with Gasteiger partial charge < -0.3 is 19.0 Å². The van der Waals surface area contributed by atoms with Crippen LogP contribution in [-0.4, -0.2) is 64.6 Å². The number of amides is 2. The topological polar surface area (TPSA) is 88.8 Å². The lowest BCUT2D eigenvalue weighted by atomic mass is 10.0. The molecule has 0 atom stereocenters. The molecular weight excluding hydrogens is 432 g/mol. The highest BCUT2D eigenvalue weighted by molar-refractivity contribution is 5.99. The molecule has 174 valence electrons. The lowest BCUT2D eigenvalue weighted by Gasteiger charge is -2.34. The van der Waals surface area contributed by atoms with Gasteiger partial charge in [-0.3, -0.25) is 4.79 Å². The van der Waals surface area contributed by atoms with Gasteiger partial charge in [-0.25, -0.2) is 14.8 Å². The van der Waals surface area contributed by atoms with Crippen LogP contribution < -0.4 is 0 Å². The van der Waals surface area contributed by atoms with Crippen molar-refractivity contribution in [3.8, 4) is 11.3 Å². The Morgan fingerprint density at radius 1 is 1.00 bits per heavy atom. The minimum Gasteiger partial charge on any atom is -0.449 e. The summed E-state index contributed by atoms with van der Waals surface area (Å²) in [6, 6.07) is 13.5. The highest BCUT2D eigenvalue weighted by Crippen LogP contribution is 2.27. The summed E-state index contributed by atoms with van der Waals surface area (Å²) < 4.78 is 10.5. The van der Waals surface area contributed by atoms with Crippen LogP contribution in [0.15, 0.2) is 53.3 Å². The van der Waals surface area contributed by atoms with Crippen molar-refractivity contribution in [2.75, 3.05) is 32.8 Å². The molecule has 2 aromatic carbocycles. The number of ether oxygens (including phenoxy) is 1. The van der Waals surface area contributed by atoms with Gasteiger partial charge in [-0.1, -0.05) is 13.0 Å². The first-order chi connectivity index (χ1) is 16.5. The van der Waals surface area contributed by atoms with E-state index in [1.165, 1.54) is 6.39 Å². The Morgan fingerprint density at radius 3 is 2.59 bits per heavy atom. The Balaban J connectivity index is 1.37. The van der Waals surface area contributed by atoms with Crippen LogP contribution in [0.1, 0.15) is 29.3 Å². The Hall–Kier alpha value is -3.94. The van der Waals surface area contributed by atoms with E-state index in [1.807, 2.05) is 56.3 Å². The lowest BCUT2D eigenvalue weighted by molar-refractivity contribution is 0.0560. The second kappa shape index (κ2) is 9.13. The third kappa shape index (κ3) is 4.19. The molecule has 1 saturated heterocycles. The third-order valence-corrected chi connectivity index (χ3v) is 6.14. The van der Waals surface area contributed by atoms with Crippen molar-refractivity contribution >= 4 is 34.0 Å². The van der Waals surface area contributed by atoms with Gasteiger partial charge in [0.2, 0.25) is 0 Å². The fourth-order valence-corrected chi connectivity index (χ4v) is 4.26. The Labute approximate surface area is 197 Å². The molecule has 0 bridgehead atoms. The Kier molecular flexibility index (Phi) is 5.88. The average Bonchev–Trinajstić information content (AvgIpc) is 3.34. The molecule has 5 rings (SSSR count). The first-order valence-electron chi connectivity index (χ1n) is 11.5. The Bertz CT molecular complexity index is 1370. The number of hydrogen-bond donors (Lipinski definition) is 0. The van der Waals surface area contributed by atoms with Crippen molar-refractivity contribution in [1.82, 2.24) is 19.8 Å². The van der Waals surface area contributed by atoms with Crippen LogP contribution in [0, 0.1) is 6.92 Å². The molecule has 1 fully saturated rings. The van der Waals surface area contributed by atoms with Crippen LogP contribution >= 0.6 is 0 Å². The summed E-state index contributed by atoms with van der Waals surface area (Å²) in [5.74, 6) is -0.0580. The van der Waals surface area contributed by atoms with Gasteiger partial charge in [0.15, 0.2) is 12.0 Å². The predicted octanol–water partition coefficient (Wildman–Crippen LogP) is 4.66.